The second kappa shape index (κ2) is 10.7. The van der Waals surface area contributed by atoms with E-state index in [1.807, 2.05) is 29.5 Å². The first-order valence-electron chi connectivity index (χ1n) is 19.5. The summed E-state index contributed by atoms with van der Waals surface area (Å²) < 4.78 is 9.57. The van der Waals surface area contributed by atoms with E-state index >= 15 is 0 Å². The minimum atomic E-state index is 0.0405. The van der Waals surface area contributed by atoms with Gasteiger partial charge in [-0.1, -0.05) is 91.0 Å². The van der Waals surface area contributed by atoms with Crippen LogP contribution in [-0.4, -0.2) is 15.0 Å². The third-order valence-electron chi connectivity index (χ3n) is 13.7. The molecule has 5 heteroatoms. The van der Waals surface area contributed by atoms with Gasteiger partial charge in [0, 0.05) is 58.6 Å². The minimum absolute atomic E-state index is 0.0405. The summed E-state index contributed by atoms with van der Waals surface area (Å²) in [6, 6.07) is 46.0. The lowest BCUT2D eigenvalue weighted by atomic mass is 9.43. The fraction of sp³-hybridized carbons (Fsp3) is 0.204. The number of furan rings is 1. The molecule has 0 amide bonds. The van der Waals surface area contributed by atoms with Gasteiger partial charge in [-0.15, -0.1) is 11.3 Å². The highest BCUT2D eigenvalue weighted by atomic mass is 32.1. The number of fused-ring (bicyclic) bond motifs is 10. The van der Waals surface area contributed by atoms with Crippen molar-refractivity contribution in [3.63, 3.8) is 0 Å². The van der Waals surface area contributed by atoms with Crippen molar-refractivity contribution in [1.82, 2.24) is 15.0 Å². The Morgan fingerprint density at radius 1 is 0.500 bits per heavy atom. The first-order chi connectivity index (χ1) is 26.7. The average molecular weight is 714 g/mol. The molecule has 4 nitrogen and oxygen atoms in total. The van der Waals surface area contributed by atoms with Gasteiger partial charge in [-0.25, -0.2) is 15.0 Å². The van der Waals surface area contributed by atoms with Gasteiger partial charge < -0.3 is 4.42 Å². The van der Waals surface area contributed by atoms with Crippen molar-refractivity contribution in [1.29, 1.82) is 0 Å². The summed E-state index contributed by atoms with van der Waals surface area (Å²) in [6.45, 7) is 0. The van der Waals surface area contributed by atoms with Crippen LogP contribution in [0.1, 0.15) is 43.2 Å². The van der Waals surface area contributed by atoms with Crippen LogP contribution in [0.2, 0.25) is 0 Å². The Bertz CT molecular complexity index is 3000. The van der Waals surface area contributed by atoms with Crippen LogP contribution in [0.4, 0.5) is 0 Å². The molecule has 5 aliphatic carbocycles. The fourth-order valence-corrected chi connectivity index (χ4v) is 13.0. The van der Waals surface area contributed by atoms with E-state index in [1.165, 1.54) is 74.4 Å². The average Bonchev–Trinajstić information content (AvgIpc) is 3.88. The van der Waals surface area contributed by atoms with Gasteiger partial charge in [0.2, 0.25) is 0 Å². The number of thiophene rings is 1. The summed E-state index contributed by atoms with van der Waals surface area (Å²) in [4.78, 5) is 15.4. The van der Waals surface area contributed by atoms with Crippen LogP contribution < -0.4 is 0 Å². The van der Waals surface area contributed by atoms with Gasteiger partial charge >= 0.3 is 0 Å². The van der Waals surface area contributed by atoms with Crippen LogP contribution in [0.15, 0.2) is 132 Å². The smallest absolute Gasteiger partial charge is 0.164 e. The molecule has 3 aromatic heterocycles. The summed E-state index contributed by atoms with van der Waals surface area (Å²) in [5.74, 6) is 5.15. The third kappa shape index (κ3) is 3.95. The van der Waals surface area contributed by atoms with Crippen LogP contribution in [0, 0.1) is 23.7 Å². The maximum Gasteiger partial charge on any atom is 0.164 e. The first-order valence-corrected chi connectivity index (χ1v) is 20.3. The number of rotatable bonds is 3. The van der Waals surface area contributed by atoms with Crippen molar-refractivity contribution in [3.05, 3.63) is 139 Å². The van der Waals surface area contributed by atoms with E-state index in [0.29, 0.717) is 29.3 Å². The Kier molecular flexibility index (Phi) is 5.92. The molecule has 258 valence electrons. The lowest BCUT2D eigenvalue weighted by molar-refractivity contribution is -0.0396. The molecule has 0 atom stereocenters. The van der Waals surface area contributed by atoms with Crippen molar-refractivity contribution in [3.8, 4) is 45.3 Å². The van der Waals surface area contributed by atoms with Gasteiger partial charge in [0.15, 0.2) is 17.5 Å². The van der Waals surface area contributed by atoms with Crippen LogP contribution in [0.25, 0.3) is 87.4 Å². The lowest BCUT2D eigenvalue weighted by Gasteiger charge is -2.61. The molecule has 4 saturated carbocycles. The summed E-state index contributed by atoms with van der Waals surface area (Å²) in [6.07, 6.45) is 6.84. The second-order valence-corrected chi connectivity index (χ2v) is 17.5. The maximum atomic E-state index is 7.05. The predicted octanol–water partition coefficient (Wildman–Crippen LogP) is 12.9. The standard InChI is InChI=1S/C49H35N3OS/c1-2-8-29(9-3-1)46-50-47(52-48(51-46)31-14-16-36-35-11-5-7-13-42(35)54-43(36)26-31)30-15-19-41-39(25-30)38-18-17-37-34-10-4-6-12-40(34)49(44(37)45(38)53-41)32-21-27-20-28(23-32)24-33(49)22-27/h1-19,25-28,32-33H,20-24H2. The molecule has 1 spiro atoms. The number of benzene rings is 6. The second-order valence-electron chi connectivity index (χ2n) is 16.4. The molecule has 6 aromatic carbocycles. The molecular weight excluding hydrogens is 679 g/mol. The van der Waals surface area contributed by atoms with E-state index in [9.17, 15) is 0 Å². The molecule has 54 heavy (non-hydrogen) atoms. The zero-order valence-corrected chi connectivity index (χ0v) is 30.4. The van der Waals surface area contributed by atoms with E-state index in [0.717, 1.165) is 45.1 Å². The number of nitrogens with zero attached hydrogens (tertiary/aromatic N) is 3. The van der Waals surface area contributed by atoms with Crippen molar-refractivity contribution >= 4 is 53.4 Å². The topological polar surface area (TPSA) is 51.8 Å². The van der Waals surface area contributed by atoms with Crippen molar-refractivity contribution in [2.75, 3.05) is 0 Å². The van der Waals surface area contributed by atoms with Crippen LogP contribution >= 0.6 is 11.3 Å². The van der Waals surface area contributed by atoms with Crippen LogP contribution in [0.3, 0.4) is 0 Å². The Morgan fingerprint density at radius 3 is 1.96 bits per heavy atom. The Morgan fingerprint density at radius 2 is 1.15 bits per heavy atom. The van der Waals surface area contributed by atoms with Gasteiger partial charge in [0.25, 0.3) is 0 Å². The molecule has 4 fully saturated rings. The molecule has 4 bridgehead atoms. The molecular formula is C49H35N3OS. The molecule has 14 rings (SSSR count). The van der Waals surface area contributed by atoms with Gasteiger partial charge in [-0.3, -0.25) is 0 Å². The monoisotopic (exact) mass is 713 g/mol. The number of aromatic nitrogens is 3. The highest BCUT2D eigenvalue weighted by Crippen LogP contribution is 2.70. The molecule has 0 saturated heterocycles. The zero-order valence-electron chi connectivity index (χ0n) is 29.6. The number of hydrogen-bond donors (Lipinski definition) is 0. The summed E-state index contributed by atoms with van der Waals surface area (Å²) in [5.41, 5.74) is 10.8. The highest BCUT2D eigenvalue weighted by Gasteiger charge is 2.62. The lowest BCUT2D eigenvalue weighted by Crippen LogP contribution is -2.55. The third-order valence-corrected chi connectivity index (χ3v) is 14.8. The molecule has 0 N–H and O–H groups in total. The van der Waals surface area contributed by atoms with E-state index in [4.69, 9.17) is 19.4 Å². The summed E-state index contributed by atoms with van der Waals surface area (Å²) in [5, 5.41) is 4.86. The van der Waals surface area contributed by atoms with Gasteiger partial charge in [-0.05, 0) is 109 Å². The fourth-order valence-electron chi connectivity index (χ4n) is 11.8. The van der Waals surface area contributed by atoms with Gasteiger partial charge in [0.1, 0.15) is 11.2 Å². The van der Waals surface area contributed by atoms with Gasteiger partial charge in [-0.2, -0.15) is 0 Å². The van der Waals surface area contributed by atoms with E-state index in [2.05, 4.69) is 109 Å². The predicted molar refractivity (Wildman–Crippen MR) is 220 cm³/mol. The van der Waals surface area contributed by atoms with Gasteiger partial charge in [0.05, 0.1) is 0 Å². The molecule has 5 aliphatic rings. The molecule has 0 radical (unpaired) electrons. The van der Waals surface area contributed by atoms with Crippen molar-refractivity contribution in [2.45, 2.75) is 37.5 Å². The Labute approximate surface area is 316 Å². The Hall–Kier alpha value is -5.65. The minimum Gasteiger partial charge on any atom is -0.456 e. The highest BCUT2D eigenvalue weighted by molar-refractivity contribution is 7.25. The summed E-state index contributed by atoms with van der Waals surface area (Å²) in [7, 11) is 0. The van der Waals surface area contributed by atoms with E-state index in [1.54, 1.807) is 5.56 Å². The molecule has 9 aromatic rings. The largest absolute Gasteiger partial charge is 0.456 e. The first kappa shape index (κ1) is 29.8. The van der Waals surface area contributed by atoms with E-state index in [-0.39, 0.29) is 5.41 Å². The van der Waals surface area contributed by atoms with E-state index < -0.39 is 0 Å². The van der Waals surface area contributed by atoms with Crippen LogP contribution in [-0.2, 0) is 5.41 Å². The zero-order chi connectivity index (χ0) is 35.1. The molecule has 3 heterocycles. The maximum absolute atomic E-state index is 7.05. The SMILES string of the molecule is c1ccc(-c2nc(-c3ccc4c(c3)sc3ccccc34)nc(-c3ccc4oc5c6c(ccc5c4c3)-c3ccccc3C63C4CC5CC(C4)CC3C5)n2)cc1. The normalized spacial score (nSPS) is 23.6. The quantitative estimate of drug-likeness (QED) is 0.183. The van der Waals surface area contributed by atoms with Crippen molar-refractivity contribution in [2.24, 2.45) is 23.7 Å². The Balaban J connectivity index is 0.998. The van der Waals surface area contributed by atoms with Crippen LogP contribution in [0.5, 0.6) is 0 Å². The molecule has 0 unspecified atom stereocenters. The summed E-state index contributed by atoms with van der Waals surface area (Å²) >= 11 is 1.81. The van der Waals surface area contributed by atoms with Crippen molar-refractivity contribution < 1.29 is 4.42 Å². The number of hydrogen-bond acceptors (Lipinski definition) is 5. The molecule has 0 aliphatic heterocycles.